The van der Waals surface area contributed by atoms with Gasteiger partial charge in [-0.15, -0.1) is 0 Å². The lowest BCUT2D eigenvalue weighted by atomic mass is 9.93. The van der Waals surface area contributed by atoms with E-state index in [4.69, 9.17) is 0 Å². The maximum atomic E-state index is 13.0. The number of carboxylic acids is 1. The second-order valence-corrected chi connectivity index (χ2v) is 10.6. The van der Waals surface area contributed by atoms with Gasteiger partial charge in [-0.3, -0.25) is 19.7 Å². The van der Waals surface area contributed by atoms with Gasteiger partial charge in [0.15, 0.2) is 5.78 Å². The van der Waals surface area contributed by atoms with Crippen molar-refractivity contribution in [2.45, 2.75) is 58.0 Å². The van der Waals surface area contributed by atoms with Crippen LogP contribution in [-0.4, -0.2) is 46.9 Å². The third-order valence-corrected chi connectivity index (χ3v) is 6.77. The summed E-state index contributed by atoms with van der Waals surface area (Å²) in [5.74, 6) is -1.47. The van der Waals surface area contributed by atoms with Gasteiger partial charge < -0.3 is 21.1 Å². The van der Waals surface area contributed by atoms with E-state index >= 15 is 0 Å². The number of Topliss-reactive ketones (excluding diaryl/α,β-unsaturated/α-hetero) is 1. The number of anilines is 2. The third-order valence-electron chi connectivity index (χ3n) is 6.77. The number of para-hydroxylation sites is 1. The number of benzene rings is 3. The summed E-state index contributed by atoms with van der Waals surface area (Å²) in [5, 5.41) is 20.6. The smallest absolute Gasteiger partial charge is 0.323 e. The number of urea groups is 1. The van der Waals surface area contributed by atoms with E-state index < -0.39 is 17.6 Å². The predicted molar refractivity (Wildman–Crippen MR) is 160 cm³/mol. The molecule has 3 rings (SSSR count). The highest BCUT2D eigenvalue weighted by Crippen LogP contribution is 2.16. The van der Waals surface area contributed by atoms with Crippen LogP contribution < -0.4 is 21.3 Å². The molecule has 9 nitrogen and oxygen atoms in total. The highest BCUT2D eigenvalue weighted by Gasteiger charge is 2.28. The molecule has 0 fully saturated rings. The molecule has 1 atom stereocenters. The van der Waals surface area contributed by atoms with E-state index in [0.717, 1.165) is 22.4 Å². The van der Waals surface area contributed by atoms with Crippen molar-refractivity contribution in [2.75, 3.05) is 17.2 Å². The molecule has 0 aliphatic heterocycles. The normalized spacial score (nSPS) is 11.8. The Bertz CT molecular complexity index is 1340. The molecule has 0 aliphatic rings. The molecule has 3 amide bonds. The Kier molecular flexibility index (Phi) is 11.2. The molecule has 0 saturated carbocycles. The first-order chi connectivity index (χ1) is 19.5. The summed E-state index contributed by atoms with van der Waals surface area (Å²) < 4.78 is 0. The number of hydrogen-bond acceptors (Lipinski definition) is 5. The summed E-state index contributed by atoms with van der Waals surface area (Å²) in [6.07, 6.45) is 1.08. The van der Waals surface area contributed by atoms with Crippen LogP contribution in [0.1, 0.15) is 43.4 Å². The van der Waals surface area contributed by atoms with E-state index in [9.17, 15) is 24.3 Å². The second kappa shape index (κ2) is 14.8. The zero-order valence-corrected chi connectivity index (χ0v) is 23.7. The van der Waals surface area contributed by atoms with Gasteiger partial charge in [0.2, 0.25) is 5.91 Å². The Morgan fingerprint density at radius 3 is 2.15 bits per heavy atom. The van der Waals surface area contributed by atoms with Crippen molar-refractivity contribution >= 4 is 35.1 Å². The van der Waals surface area contributed by atoms with Gasteiger partial charge in [-0.2, -0.15) is 0 Å². The molecule has 0 bridgehead atoms. The van der Waals surface area contributed by atoms with E-state index in [2.05, 4.69) is 21.3 Å². The highest BCUT2D eigenvalue weighted by molar-refractivity contribution is 6.00. The summed E-state index contributed by atoms with van der Waals surface area (Å²) in [4.78, 5) is 49.3. The first kappa shape index (κ1) is 31.0. The van der Waals surface area contributed by atoms with Gasteiger partial charge in [-0.05, 0) is 68.5 Å². The highest BCUT2D eigenvalue weighted by atomic mass is 16.4. The number of carbonyl (C=O) groups is 4. The van der Waals surface area contributed by atoms with Gasteiger partial charge >= 0.3 is 12.0 Å². The van der Waals surface area contributed by atoms with Crippen molar-refractivity contribution in [3.63, 3.8) is 0 Å². The molecule has 0 heterocycles. The monoisotopic (exact) mass is 558 g/mol. The van der Waals surface area contributed by atoms with E-state index in [1.165, 1.54) is 0 Å². The number of carboxylic acid groups (broad SMARTS) is 1. The van der Waals surface area contributed by atoms with Gasteiger partial charge in [-0.25, -0.2) is 4.79 Å². The topological polar surface area (TPSA) is 137 Å². The Morgan fingerprint density at radius 1 is 0.829 bits per heavy atom. The summed E-state index contributed by atoms with van der Waals surface area (Å²) in [6, 6.07) is 23.3. The standard InChI is InChI=1S/C32H38N4O5/c1-22-9-7-8-12-27(22)36-31(41)35-25-16-14-24(15-17-25)19-28(37)32(2,3)33-21-29(38)34-26(20-30(39)40)18-13-23-10-5-4-6-11-23/h4-12,14-17,26,33H,13,18-21H2,1-3H3,(H,34,38)(H,39,40)(H2,35,36,41)/t26-/m1/s1. The van der Waals surface area contributed by atoms with Crippen LogP contribution in [0.15, 0.2) is 78.9 Å². The molecule has 0 saturated heterocycles. The van der Waals surface area contributed by atoms with Crippen molar-refractivity contribution in [2.24, 2.45) is 0 Å². The minimum absolute atomic E-state index is 0.116. The number of ketones is 1. The van der Waals surface area contributed by atoms with Crippen LogP contribution in [0.25, 0.3) is 0 Å². The first-order valence-corrected chi connectivity index (χ1v) is 13.6. The molecule has 3 aromatic rings. The van der Waals surface area contributed by atoms with Gasteiger partial charge in [-0.1, -0.05) is 60.7 Å². The van der Waals surface area contributed by atoms with Crippen LogP contribution in [0.4, 0.5) is 16.2 Å². The number of aryl methyl sites for hydroxylation is 2. The van der Waals surface area contributed by atoms with Crippen molar-refractivity contribution < 1.29 is 24.3 Å². The van der Waals surface area contributed by atoms with Gasteiger partial charge in [0, 0.05) is 23.8 Å². The number of nitrogens with one attached hydrogen (secondary N) is 4. The molecule has 3 aromatic carbocycles. The third kappa shape index (κ3) is 10.5. The molecular weight excluding hydrogens is 520 g/mol. The molecule has 0 unspecified atom stereocenters. The van der Waals surface area contributed by atoms with E-state index in [0.29, 0.717) is 18.5 Å². The van der Waals surface area contributed by atoms with E-state index in [1.54, 1.807) is 38.1 Å². The molecule has 0 aliphatic carbocycles. The first-order valence-electron chi connectivity index (χ1n) is 13.6. The maximum Gasteiger partial charge on any atom is 0.323 e. The van der Waals surface area contributed by atoms with Crippen molar-refractivity contribution in [3.05, 3.63) is 95.6 Å². The van der Waals surface area contributed by atoms with Crippen LogP contribution >= 0.6 is 0 Å². The van der Waals surface area contributed by atoms with E-state index in [1.807, 2.05) is 61.5 Å². The van der Waals surface area contributed by atoms with Crippen LogP contribution in [0.3, 0.4) is 0 Å². The number of aliphatic carboxylic acids is 1. The fraction of sp³-hybridized carbons (Fsp3) is 0.312. The number of amides is 3. The maximum absolute atomic E-state index is 13.0. The Hall–Kier alpha value is -4.50. The largest absolute Gasteiger partial charge is 0.481 e. The van der Waals surface area contributed by atoms with Gasteiger partial charge in [0.05, 0.1) is 18.5 Å². The number of hydrogen-bond donors (Lipinski definition) is 5. The zero-order valence-electron chi connectivity index (χ0n) is 23.7. The summed E-state index contributed by atoms with van der Waals surface area (Å²) in [7, 11) is 0. The average Bonchev–Trinajstić information content (AvgIpc) is 2.93. The molecule has 0 aromatic heterocycles. The summed E-state index contributed by atoms with van der Waals surface area (Å²) in [6.45, 7) is 5.20. The molecule has 41 heavy (non-hydrogen) atoms. The quantitative estimate of drug-likeness (QED) is 0.194. The number of rotatable bonds is 14. The minimum atomic E-state index is -0.992. The van der Waals surface area contributed by atoms with E-state index in [-0.39, 0.29) is 37.1 Å². The second-order valence-electron chi connectivity index (χ2n) is 10.6. The van der Waals surface area contributed by atoms with Crippen molar-refractivity contribution in [1.29, 1.82) is 0 Å². The van der Waals surface area contributed by atoms with Crippen LogP contribution in [0.5, 0.6) is 0 Å². The zero-order chi connectivity index (χ0) is 29.8. The minimum Gasteiger partial charge on any atom is -0.481 e. The van der Waals surface area contributed by atoms with Gasteiger partial charge in [0.1, 0.15) is 0 Å². The van der Waals surface area contributed by atoms with Crippen molar-refractivity contribution in [3.8, 4) is 0 Å². The predicted octanol–water partition coefficient (Wildman–Crippen LogP) is 4.71. The molecule has 216 valence electrons. The summed E-state index contributed by atoms with van der Waals surface area (Å²) in [5.41, 5.74) is 3.10. The molecule has 9 heteroatoms. The molecule has 0 radical (unpaired) electrons. The summed E-state index contributed by atoms with van der Waals surface area (Å²) >= 11 is 0. The Balaban J connectivity index is 1.47. The average molecular weight is 559 g/mol. The van der Waals surface area contributed by atoms with Crippen LogP contribution in [-0.2, 0) is 27.2 Å². The lowest BCUT2D eigenvalue weighted by Crippen LogP contribution is -2.52. The fourth-order valence-corrected chi connectivity index (χ4v) is 4.21. The Morgan fingerprint density at radius 2 is 1.49 bits per heavy atom. The lowest BCUT2D eigenvalue weighted by molar-refractivity contribution is -0.137. The van der Waals surface area contributed by atoms with Crippen LogP contribution in [0.2, 0.25) is 0 Å². The molecular formula is C32H38N4O5. The lowest BCUT2D eigenvalue weighted by Gasteiger charge is -2.25. The number of carbonyl (C=O) groups excluding carboxylic acids is 3. The SMILES string of the molecule is Cc1ccccc1NC(=O)Nc1ccc(CC(=O)C(C)(C)NCC(=O)N[C@H](CCc2ccccc2)CC(=O)O)cc1. The molecule has 0 spiro atoms. The molecule has 5 N–H and O–H groups in total. The van der Waals surface area contributed by atoms with Crippen LogP contribution in [0, 0.1) is 6.92 Å². The fourth-order valence-electron chi connectivity index (χ4n) is 4.21. The van der Waals surface area contributed by atoms with Crippen molar-refractivity contribution in [1.82, 2.24) is 10.6 Å². The Labute approximate surface area is 240 Å². The van der Waals surface area contributed by atoms with Gasteiger partial charge in [0.25, 0.3) is 0 Å².